The molecule has 1 aliphatic carbocycles. The summed E-state index contributed by atoms with van der Waals surface area (Å²) < 4.78 is 16.8. The van der Waals surface area contributed by atoms with Crippen LogP contribution in [0.5, 0.6) is 0 Å². The third kappa shape index (κ3) is 10.4. The molecule has 0 fully saturated rings. The van der Waals surface area contributed by atoms with Crippen molar-refractivity contribution in [3.05, 3.63) is 125 Å². The van der Waals surface area contributed by atoms with Crippen LogP contribution in [0.3, 0.4) is 0 Å². The minimum Gasteiger partial charge on any atom is -0.458 e. The first-order valence-corrected chi connectivity index (χ1v) is 17.4. The van der Waals surface area contributed by atoms with Gasteiger partial charge in [0.15, 0.2) is 0 Å². The van der Waals surface area contributed by atoms with E-state index < -0.39 is 47.3 Å². The van der Waals surface area contributed by atoms with Crippen LogP contribution in [-0.4, -0.2) is 54.0 Å². The van der Waals surface area contributed by atoms with Crippen LogP contribution < -0.4 is 16.0 Å². The number of carbonyl (C=O) groups is 4. The summed E-state index contributed by atoms with van der Waals surface area (Å²) >= 11 is 0. The van der Waals surface area contributed by atoms with Crippen molar-refractivity contribution < 1.29 is 33.4 Å². The number of hydrogen-bond acceptors (Lipinski definition) is 7. The summed E-state index contributed by atoms with van der Waals surface area (Å²) in [5, 5.41) is 8.25. The lowest BCUT2D eigenvalue weighted by atomic mass is 9.98. The Morgan fingerprint density at radius 1 is 0.596 bits per heavy atom. The molecule has 0 heterocycles. The van der Waals surface area contributed by atoms with Crippen molar-refractivity contribution >= 4 is 29.8 Å². The van der Waals surface area contributed by atoms with Crippen LogP contribution in [0.2, 0.25) is 0 Å². The molecule has 0 saturated carbocycles. The van der Waals surface area contributed by atoms with E-state index in [0.29, 0.717) is 11.3 Å². The molecule has 52 heavy (non-hydrogen) atoms. The van der Waals surface area contributed by atoms with Gasteiger partial charge in [-0.1, -0.05) is 91.0 Å². The second kappa shape index (κ2) is 16.1. The fourth-order valence-electron chi connectivity index (χ4n) is 6.06. The van der Waals surface area contributed by atoms with E-state index in [4.69, 9.17) is 14.2 Å². The Labute approximate surface area is 305 Å². The van der Waals surface area contributed by atoms with Gasteiger partial charge >= 0.3 is 18.2 Å². The highest BCUT2D eigenvalue weighted by Crippen LogP contribution is 2.44. The normalized spacial score (nSPS) is 13.5. The van der Waals surface area contributed by atoms with Gasteiger partial charge in [-0.05, 0) is 87.1 Å². The highest BCUT2D eigenvalue weighted by atomic mass is 16.6. The monoisotopic (exact) mass is 705 g/mol. The zero-order valence-electron chi connectivity index (χ0n) is 30.5. The standard InChI is InChI=1S/C42H47N3O7/c1-41(2,3)51-38(47)36(25-27-14-8-7-9-15-27)44-37(46)35(45-40(49)52-42(4,5)6)24-28-20-22-29(23-21-28)43-39(48)50-26-34-32-18-12-10-16-30(32)31-17-11-13-19-33(31)34/h7-23,34-36H,24-26H2,1-6H3,(H,43,48)(H,44,46)(H,45,49)/t35-,36-/m0/s1. The first-order chi connectivity index (χ1) is 24.6. The molecule has 0 aromatic heterocycles. The fourth-order valence-corrected chi connectivity index (χ4v) is 6.06. The summed E-state index contributed by atoms with van der Waals surface area (Å²) in [6.45, 7) is 10.6. The maximum absolute atomic E-state index is 13.8. The number of benzene rings is 4. The fraction of sp³-hybridized carbons (Fsp3) is 0.333. The Balaban J connectivity index is 1.25. The van der Waals surface area contributed by atoms with Crippen molar-refractivity contribution in [2.75, 3.05) is 11.9 Å². The SMILES string of the molecule is CC(C)(C)OC(=O)N[C@@H](Cc1ccc(NC(=O)OCC2c3ccccc3-c3ccccc32)cc1)C(=O)N[C@@H](Cc1ccccc1)C(=O)OC(C)(C)C. The molecule has 3 N–H and O–H groups in total. The molecular formula is C42H47N3O7. The second-order valence-electron chi connectivity index (χ2n) is 14.8. The molecule has 272 valence electrons. The molecule has 0 bridgehead atoms. The average Bonchev–Trinajstić information content (AvgIpc) is 3.40. The van der Waals surface area contributed by atoms with Crippen LogP contribution in [0.1, 0.15) is 69.7 Å². The van der Waals surface area contributed by atoms with Crippen molar-refractivity contribution in [2.45, 2.75) is 83.6 Å². The lowest BCUT2D eigenvalue weighted by Gasteiger charge is -2.27. The van der Waals surface area contributed by atoms with E-state index in [-0.39, 0.29) is 25.4 Å². The van der Waals surface area contributed by atoms with Crippen molar-refractivity contribution in [1.29, 1.82) is 0 Å². The van der Waals surface area contributed by atoms with Crippen molar-refractivity contribution in [3.63, 3.8) is 0 Å². The van der Waals surface area contributed by atoms with Crippen molar-refractivity contribution in [3.8, 4) is 11.1 Å². The third-order valence-electron chi connectivity index (χ3n) is 8.28. The number of esters is 1. The molecule has 5 rings (SSSR count). The molecule has 4 aromatic rings. The Hall–Kier alpha value is -5.64. The third-order valence-corrected chi connectivity index (χ3v) is 8.28. The van der Waals surface area contributed by atoms with Crippen molar-refractivity contribution in [2.24, 2.45) is 0 Å². The summed E-state index contributed by atoms with van der Waals surface area (Å²) in [6, 6.07) is 30.3. The number of nitrogens with one attached hydrogen (secondary N) is 3. The first kappa shape index (κ1) is 37.6. The number of ether oxygens (including phenoxy) is 3. The summed E-state index contributed by atoms with van der Waals surface area (Å²) in [4.78, 5) is 52.8. The summed E-state index contributed by atoms with van der Waals surface area (Å²) in [7, 11) is 0. The molecule has 10 nitrogen and oxygen atoms in total. The van der Waals surface area contributed by atoms with Crippen LogP contribution in [-0.2, 0) is 36.6 Å². The molecule has 0 aliphatic heterocycles. The number of alkyl carbamates (subject to hydrolysis) is 1. The molecule has 4 aromatic carbocycles. The maximum atomic E-state index is 13.8. The van der Waals surface area contributed by atoms with Crippen LogP contribution in [0.25, 0.3) is 11.1 Å². The number of fused-ring (bicyclic) bond motifs is 3. The van der Waals surface area contributed by atoms with Gasteiger partial charge in [-0.15, -0.1) is 0 Å². The van der Waals surface area contributed by atoms with Gasteiger partial charge < -0.3 is 24.8 Å². The van der Waals surface area contributed by atoms with Gasteiger partial charge in [0.25, 0.3) is 0 Å². The predicted octanol–water partition coefficient (Wildman–Crippen LogP) is 7.55. The van der Waals surface area contributed by atoms with Gasteiger partial charge in [-0.2, -0.15) is 0 Å². The molecule has 3 amide bonds. The molecule has 1 aliphatic rings. The van der Waals surface area contributed by atoms with E-state index in [0.717, 1.165) is 27.8 Å². The lowest BCUT2D eigenvalue weighted by molar-refractivity contribution is -0.158. The predicted molar refractivity (Wildman–Crippen MR) is 200 cm³/mol. The molecule has 10 heteroatoms. The van der Waals surface area contributed by atoms with E-state index in [1.807, 2.05) is 54.6 Å². The van der Waals surface area contributed by atoms with Crippen LogP contribution in [0.4, 0.5) is 15.3 Å². The summed E-state index contributed by atoms with van der Waals surface area (Å²) in [6.07, 6.45) is -1.11. The second-order valence-corrected chi connectivity index (χ2v) is 14.8. The van der Waals surface area contributed by atoms with Gasteiger partial charge in [-0.3, -0.25) is 10.1 Å². The van der Waals surface area contributed by atoms with E-state index >= 15 is 0 Å². The molecular weight excluding hydrogens is 658 g/mol. The Bertz CT molecular complexity index is 1830. The van der Waals surface area contributed by atoms with Crippen LogP contribution in [0, 0.1) is 0 Å². The van der Waals surface area contributed by atoms with Gasteiger partial charge in [0.1, 0.15) is 29.9 Å². The van der Waals surface area contributed by atoms with E-state index in [1.54, 1.807) is 65.8 Å². The molecule has 2 atom stereocenters. The van der Waals surface area contributed by atoms with E-state index in [2.05, 4.69) is 40.2 Å². The molecule has 0 saturated heterocycles. The first-order valence-electron chi connectivity index (χ1n) is 17.4. The van der Waals surface area contributed by atoms with Gasteiger partial charge in [0.05, 0.1) is 0 Å². The molecule has 0 radical (unpaired) electrons. The number of anilines is 1. The number of carbonyl (C=O) groups excluding carboxylic acids is 4. The van der Waals surface area contributed by atoms with Crippen LogP contribution >= 0.6 is 0 Å². The van der Waals surface area contributed by atoms with Gasteiger partial charge in [0, 0.05) is 24.4 Å². The average molecular weight is 706 g/mol. The van der Waals surface area contributed by atoms with Gasteiger partial charge in [0.2, 0.25) is 5.91 Å². The summed E-state index contributed by atoms with van der Waals surface area (Å²) in [5.41, 5.74) is 4.97. The number of amides is 3. The zero-order valence-corrected chi connectivity index (χ0v) is 30.5. The highest BCUT2D eigenvalue weighted by molar-refractivity contribution is 5.90. The minimum atomic E-state index is -1.10. The molecule has 0 unspecified atom stereocenters. The van der Waals surface area contributed by atoms with Crippen LogP contribution in [0.15, 0.2) is 103 Å². The Morgan fingerprint density at radius 2 is 1.12 bits per heavy atom. The molecule has 0 spiro atoms. The highest BCUT2D eigenvalue weighted by Gasteiger charge is 2.32. The van der Waals surface area contributed by atoms with E-state index in [9.17, 15) is 19.2 Å². The Morgan fingerprint density at radius 3 is 1.69 bits per heavy atom. The quantitative estimate of drug-likeness (QED) is 0.108. The zero-order chi connectivity index (χ0) is 37.5. The topological polar surface area (TPSA) is 132 Å². The summed E-state index contributed by atoms with van der Waals surface area (Å²) in [5.74, 6) is -1.24. The van der Waals surface area contributed by atoms with E-state index in [1.165, 1.54) is 0 Å². The number of rotatable bonds is 11. The maximum Gasteiger partial charge on any atom is 0.411 e. The minimum absolute atomic E-state index is 0.0660. The largest absolute Gasteiger partial charge is 0.458 e. The number of hydrogen-bond donors (Lipinski definition) is 3. The Kier molecular flexibility index (Phi) is 11.7. The van der Waals surface area contributed by atoms with Crippen molar-refractivity contribution in [1.82, 2.24) is 10.6 Å². The smallest absolute Gasteiger partial charge is 0.411 e. The van der Waals surface area contributed by atoms with Gasteiger partial charge in [-0.25, -0.2) is 14.4 Å². The lowest BCUT2D eigenvalue weighted by Crippen LogP contribution is -2.54.